The molecular weight excluding hydrogens is 114 g/mol. The van der Waals surface area contributed by atoms with Crippen LogP contribution in [0.5, 0.6) is 0 Å². The minimum absolute atomic E-state index is 0.0480. The summed E-state index contributed by atoms with van der Waals surface area (Å²) in [6.07, 6.45) is 0.871. The second-order valence-corrected chi connectivity index (χ2v) is 3.07. The Bertz CT molecular complexity index is 93.6. The Morgan fingerprint density at radius 2 is 2.00 bits per heavy atom. The molecule has 0 aliphatic rings. The molecule has 0 saturated heterocycles. The van der Waals surface area contributed by atoms with E-state index in [0.29, 0.717) is 0 Å². The van der Waals surface area contributed by atoms with E-state index in [1.807, 2.05) is 20.8 Å². The Labute approximate surface area is 56.6 Å². The molecule has 1 atom stereocenters. The predicted molar refractivity (Wildman–Crippen MR) is 39.1 cm³/mol. The molecule has 0 aliphatic heterocycles. The summed E-state index contributed by atoms with van der Waals surface area (Å²) in [5.74, 6) is 0. The Hall–Kier alpha value is -0.340. The van der Waals surface area contributed by atoms with Gasteiger partial charge in [0.15, 0.2) is 0 Å². The third kappa shape index (κ3) is 5.53. The van der Waals surface area contributed by atoms with Crippen LogP contribution in [0, 0.1) is 0 Å². The SMILES string of the molecule is C=CC(O)NC(C)(C)C. The monoisotopic (exact) mass is 129 g/mol. The van der Waals surface area contributed by atoms with Crippen molar-refractivity contribution in [3.05, 3.63) is 12.7 Å². The fourth-order valence-electron chi connectivity index (χ4n) is 0.503. The molecule has 1 unspecified atom stereocenters. The maximum Gasteiger partial charge on any atom is 0.124 e. The molecule has 2 N–H and O–H groups in total. The molecule has 9 heavy (non-hydrogen) atoms. The van der Waals surface area contributed by atoms with Gasteiger partial charge in [-0.1, -0.05) is 6.58 Å². The number of hydrogen-bond donors (Lipinski definition) is 2. The average molecular weight is 129 g/mol. The minimum Gasteiger partial charge on any atom is -0.375 e. The fraction of sp³-hybridized carbons (Fsp3) is 0.714. The number of nitrogens with one attached hydrogen (secondary N) is 1. The molecule has 2 nitrogen and oxygen atoms in total. The standard InChI is InChI=1S/C7H15NO/c1-5-6(9)8-7(2,3)4/h5-6,8-9H,1H2,2-4H3. The largest absolute Gasteiger partial charge is 0.375 e. The van der Waals surface area contributed by atoms with Crippen LogP contribution >= 0.6 is 0 Å². The highest BCUT2D eigenvalue weighted by Crippen LogP contribution is 1.99. The topological polar surface area (TPSA) is 32.3 Å². The van der Waals surface area contributed by atoms with Gasteiger partial charge in [0, 0.05) is 5.54 Å². The van der Waals surface area contributed by atoms with Gasteiger partial charge in [-0.25, -0.2) is 0 Å². The first-order valence-corrected chi connectivity index (χ1v) is 3.04. The molecular formula is C7H15NO. The van der Waals surface area contributed by atoms with E-state index in [1.165, 1.54) is 6.08 Å². The summed E-state index contributed by atoms with van der Waals surface area (Å²) in [6.45, 7) is 9.39. The molecule has 2 heteroatoms. The van der Waals surface area contributed by atoms with Crippen LogP contribution in [0.2, 0.25) is 0 Å². The van der Waals surface area contributed by atoms with E-state index >= 15 is 0 Å². The smallest absolute Gasteiger partial charge is 0.124 e. The van der Waals surface area contributed by atoms with Crippen molar-refractivity contribution in [3.63, 3.8) is 0 Å². The van der Waals surface area contributed by atoms with E-state index in [9.17, 15) is 0 Å². The Kier molecular flexibility index (Phi) is 2.88. The molecule has 0 aromatic rings. The molecule has 0 rings (SSSR count). The van der Waals surface area contributed by atoms with Gasteiger partial charge in [-0.3, -0.25) is 5.32 Å². The van der Waals surface area contributed by atoms with Crippen molar-refractivity contribution in [1.29, 1.82) is 0 Å². The molecule has 0 aromatic heterocycles. The first kappa shape index (κ1) is 8.66. The molecule has 0 amide bonds. The van der Waals surface area contributed by atoms with Crippen LogP contribution < -0.4 is 5.32 Å². The highest BCUT2D eigenvalue weighted by molar-refractivity contribution is 4.82. The number of aliphatic hydroxyl groups excluding tert-OH is 1. The van der Waals surface area contributed by atoms with Gasteiger partial charge in [-0.2, -0.15) is 0 Å². The van der Waals surface area contributed by atoms with Gasteiger partial charge >= 0.3 is 0 Å². The van der Waals surface area contributed by atoms with Gasteiger partial charge in [-0.05, 0) is 26.8 Å². The predicted octanol–water partition coefficient (Wildman–Crippen LogP) is 0.879. The summed E-state index contributed by atoms with van der Waals surface area (Å²) in [5.41, 5.74) is -0.0480. The lowest BCUT2D eigenvalue weighted by atomic mass is 10.1. The number of hydrogen-bond acceptors (Lipinski definition) is 2. The van der Waals surface area contributed by atoms with Crippen LogP contribution in [0.3, 0.4) is 0 Å². The molecule has 0 saturated carbocycles. The Balaban J connectivity index is 3.59. The highest BCUT2D eigenvalue weighted by atomic mass is 16.3. The van der Waals surface area contributed by atoms with Gasteiger partial charge in [0.1, 0.15) is 6.23 Å². The zero-order chi connectivity index (χ0) is 7.49. The summed E-state index contributed by atoms with van der Waals surface area (Å²) < 4.78 is 0. The van der Waals surface area contributed by atoms with Gasteiger partial charge < -0.3 is 5.11 Å². The molecule has 0 radical (unpaired) electrons. The van der Waals surface area contributed by atoms with Crippen LogP contribution in [-0.2, 0) is 0 Å². The summed E-state index contributed by atoms with van der Waals surface area (Å²) in [6, 6.07) is 0. The first-order valence-electron chi connectivity index (χ1n) is 3.04. The summed E-state index contributed by atoms with van der Waals surface area (Å²) in [4.78, 5) is 0. The van der Waals surface area contributed by atoms with E-state index in [1.54, 1.807) is 0 Å². The van der Waals surface area contributed by atoms with Gasteiger partial charge in [0.25, 0.3) is 0 Å². The Morgan fingerprint density at radius 3 is 2.11 bits per heavy atom. The van der Waals surface area contributed by atoms with Crippen LogP contribution in [-0.4, -0.2) is 16.9 Å². The lowest BCUT2D eigenvalue weighted by Crippen LogP contribution is -2.42. The quantitative estimate of drug-likeness (QED) is 0.428. The number of aliphatic hydroxyl groups is 1. The normalized spacial score (nSPS) is 15.1. The maximum atomic E-state index is 8.96. The zero-order valence-corrected chi connectivity index (χ0v) is 6.31. The van der Waals surface area contributed by atoms with Crippen LogP contribution in [0.25, 0.3) is 0 Å². The lowest BCUT2D eigenvalue weighted by molar-refractivity contribution is 0.149. The van der Waals surface area contributed by atoms with Gasteiger partial charge in [0.05, 0.1) is 0 Å². The van der Waals surface area contributed by atoms with E-state index in [4.69, 9.17) is 5.11 Å². The second kappa shape index (κ2) is 2.99. The van der Waals surface area contributed by atoms with Crippen LogP contribution in [0.1, 0.15) is 20.8 Å². The molecule has 0 spiro atoms. The van der Waals surface area contributed by atoms with Gasteiger partial charge in [0.2, 0.25) is 0 Å². The average Bonchev–Trinajstić information content (AvgIpc) is 1.62. The molecule has 0 bridgehead atoms. The highest BCUT2D eigenvalue weighted by Gasteiger charge is 2.11. The van der Waals surface area contributed by atoms with Crippen molar-refractivity contribution >= 4 is 0 Å². The first-order chi connectivity index (χ1) is 3.95. The summed E-state index contributed by atoms with van der Waals surface area (Å²) in [5, 5.41) is 11.9. The van der Waals surface area contributed by atoms with Crippen molar-refractivity contribution in [2.45, 2.75) is 32.5 Å². The minimum atomic E-state index is -0.593. The van der Waals surface area contributed by atoms with E-state index in [-0.39, 0.29) is 5.54 Å². The van der Waals surface area contributed by atoms with Crippen molar-refractivity contribution in [2.24, 2.45) is 0 Å². The third-order valence-corrected chi connectivity index (χ3v) is 0.804. The van der Waals surface area contributed by atoms with Crippen LogP contribution in [0.15, 0.2) is 12.7 Å². The van der Waals surface area contributed by atoms with E-state index < -0.39 is 6.23 Å². The molecule has 0 fully saturated rings. The fourth-order valence-corrected chi connectivity index (χ4v) is 0.503. The van der Waals surface area contributed by atoms with Gasteiger partial charge in [-0.15, -0.1) is 0 Å². The van der Waals surface area contributed by atoms with Crippen LogP contribution in [0.4, 0.5) is 0 Å². The van der Waals surface area contributed by atoms with Crippen molar-refractivity contribution in [3.8, 4) is 0 Å². The maximum absolute atomic E-state index is 8.96. The van der Waals surface area contributed by atoms with Crippen molar-refractivity contribution in [2.75, 3.05) is 0 Å². The summed E-state index contributed by atoms with van der Waals surface area (Å²) in [7, 11) is 0. The van der Waals surface area contributed by atoms with Crippen molar-refractivity contribution < 1.29 is 5.11 Å². The van der Waals surface area contributed by atoms with E-state index in [2.05, 4.69) is 11.9 Å². The molecule has 0 aliphatic carbocycles. The van der Waals surface area contributed by atoms with Crippen molar-refractivity contribution in [1.82, 2.24) is 5.32 Å². The summed E-state index contributed by atoms with van der Waals surface area (Å²) >= 11 is 0. The zero-order valence-electron chi connectivity index (χ0n) is 6.31. The lowest BCUT2D eigenvalue weighted by Gasteiger charge is -2.22. The second-order valence-electron chi connectivity index (χ2n) is 3.07. The molecule has 54 valence electrons. The number of rotatable bonds is 2. The molecule has 0 heterocycles. The Morgan fingerprint density at radius 1 is 1.56 bits per heavy atom. The third-order valence-electron chi connectivity index (χ3n) is 0.804. The molecule has 0 aromatic carbocycles. The van der Waals surface area contributed by atoms with E-state index in [0.717, 1.165) is 0 Å².